The summed E-state index contributed by atoms with van der Waals surface area (Å²) in [5, 5.41) is 20.5. The van der Waals surface area contributed by atoms with E-state index < -0.39 is 5.54 Å². The van der Waals surface area contributed by atoms with Crippen LogP contribution in [0.3, 0.4) is 0 Å². The molecule has 6 nitrogen and oxygen atoms in total. The number of ether oxygens (including phenoxy) is 2. The molecule has 0 bridgehead atoms. The van der Waals surface area contributed by atoms with Crippen molar-refractivity contribution in [2.24, 2.45) is 9.98 Å². The second-order valence-corrected chi connectivity index (χ2v) is 8.39. The maximum absolute atomic E-state index is 10.3. The van der Waals surface area contributed by atoms with Crippen LogP contribution in [0.1, 0.15) is 64.5 Å². The highest BCUT2D eigenvalue weighted by Gasteiger charge is 2.15. The second kappa shape index (κ2) is 12.7. The molecule has 2 N–H and O–H groups in total. The predicted octanol–water partition coefficient (Wildman–Crippen LogP) is 5.77. The molecule has 0 amide bonds. The lowest BCUT2D eigenvalue weighted by molar-refractivity contribution is 0.307. The van der Waals surface area contributed by atoms with Gasteiger partial charge in [0.25, 0.3) is 0 Å². The van der Waals surface area contributed by atoms with E-state index in [1.807, 2.05) is 26.0 Å². The topological polar surface area (TPSA) is 83.6 Å². The van der Waals surface area contributed by atoms with Crippen LogP contribution >= 0.6 is 0 Å². The van der Waals surface area contributed by atoms with Crippen LogP contribution in [0.15, 0.2) is 46.4 Å². The van der Waals surface area contributed by atoms with Gasteiger partial charge in [-0.3, -0.25) is 9.98 Å². The van der Waals surface area contributed by atoms with Crippen molar-refractivity contribution in [3.63, 3.8) is 0 Å². The average Bonchev–Trinajstić information content (AvgIpc) is 2.75. The van der Waals surface area contributed by atoms with Crippen molar-refractivity contribution >= 4 is 12.4 Å². The number of benzene rings is 2. The number of rotatable bonds is 13. The van der Waals surface area contributed by atoms with Crippen molar-refractivity contribution in [1.82, 2.24) is 0 Å². The summed E-state index contributed by atoms with van der Waals surface area (Å²) >= 11 is 0. The van der Waals surface area contributed by atoms with Crippen LogP contribution in [0.4, 0.5) is 0 Å². The minimum absolute atomic E-state index is 0.133. The molecule has 0 saturated heterocycles. The minimum Gasteiger partial charge on any atom is -0.507 e. The largest absolute Gasteiger partial charge is 0.507 e. The van der Waals surface area contributed by atoms with Gasteiger partial charge < -0.3 is 19.7 Å². The number of phenols is 2. The van der Waals surface area contributed by atoms with Crippen LogP contribution in [0.2, 0.25) is 0 Å². The third-order valence-electron chi connectivity index (χ3n) is 4.80. The van der Waals surface area contributed by atoms with Gasteiger partial charge in [0.05, 0.1) is 25.3 Å². The Balaban J connectivity index is 1.94. The fourth-order valence-corrected chi connectivity index (χ4v) is 2.77. The van der Waals surface area contributed by atoms with Crippen molar-refractivity contribution in [3.05, 3.63) is 47.5 Å². The highest BCUT2D eigenvalue weighted by molar-refractivity contribution is 5.84. The first kappa shape index (κ1) is 25.2. The highest BCUT2D eigenvalue weighted by Crippen LogP contribution is 2.24. The summed E-state index contributed by atoms with van der Waals surface area (Å²) in [4.78, 5) is 9.03. The van der Waals surface area contributed by atoms with E-state index in [-0.39, 0.29) is 11.5 Å². The van der Waals surface area contributed by atoms with Crippen LogP contribution in [-0.2, 0) is 0 Å². The Morgan fingerprint density at radius 3 is 1.78 bits per heavy atom. The molecule has 2 aromatic rings. The Morgan fingerprint density at radius 1 is 0.812 bits per heavy atom. The first-order valence-electron chi connectivity index (χ1n) is 11.3. The maximum atomic E-state index is 10.3. The lowest BCUT2D eigenvalue weighted by Gasteiger charge is -2.16. The first-order chi connectivity index (χ1) is 15.3. The van der Waals surface area contributed by atoms with Crippen molar-refractivity contribution in [3.8, 4) is 23.0 Å². The standard InChI is InChI=1S/C26H36N2O4/c1-5-7-13-31-22-11-9-20(24(29)15-22)17-27-19-26(3,4)28-18-21-10-12-23(16-25(21)30)32-14-8-6-2/h9-12,15-18,29-30H,5-8,13-14,19H2,1-4H3. The van der Waals surface area contributed by atoms with Crippen molar-refractivity contribution in [2.75, 3.05) is 19.8 Å². The van der Waals surface area contributed by atoms with Gasteiger partial charge in [-0.15, -0.1) is 0 Å². The first-order valence-corrected chi connectivity index (χ1v) is 11.3. The normalized spacial score (nSPS) is 12.0. The maximum Gasteiger partial charge on any atom is 0.128 e. The number of hydrogen-bond acceptors (Lipinski definition) is 6. The lowest BCUT2D eigenvalue weighted by atomic mass is 10.1. The fourth-order valence-electron chi connectivity index (χ4n) is 2.77. The molecule has 2 rings (SSSR count). The zero-order valence-corrected chi connectivity index (χ0v) is 19.7. The minimum atomic E-state index is -0.474. The molecular weight excluding hydrogens is 404 g/mol. The van der Waals surface area contributed by atoms with Gasteiger partial charge >= 0.3 is 0 Å². The molecule has 0 radical (unpaired) electrons. The van der Waals surface area contributed by atoms with E-state index in [9.17, 15) is 10.2 Å². The monoisotopic (exact) mass is 440 g/mol. The Labute approximate surface area is 191 Å². The van der Waals surface area contributed by atoms with E-state index in [2.05, 4.69) is 23.8 Å². The van der Waals surface area contributed by atoms with Crippen LogP contribution in [0, 0.1) is 0 Å². The molecule has 0 heterocycles. The molecule has 0 unspecified atom stereocenters. The summed E-state index contributed by atoms with van der Waals surface area (Å²) in [5.74, 6) is 1.57. The fraction of sp³-hybridized carbons (Fsp3) is 0.462. The zero-order chi connectivity index (χ0) is 23.4. The SMILES string of the molecule is CCCCOc1ccc(C=NCC(C)(C)N=Cc2ccc(OCCCC)cc2O)c(O)c1. The number of aromatic hydroxyl groups is 2. The van der Waals surface area contributed by atoms with Gasteiger partial charge in [0.2, 0.25) is 0 Å². The van der Waals surface area contributed by atoms with Gasteiger partial charge in [-0.25, -0.2) is 0 Å². The number of aliphatic imine (C=N–C) groups is 2. The molecule has 6 heteroatoms. The molecule has 0 fully saturated rings. The predicted molar refractivity (Wildman–Crippen MR) is 131 cm³/mol. The van der Waals surface area contributed by atoms with Crippen molar-refractivity contribution in [2.45, 2.75) is 58.9 Å². The van der Waals surface area contributed by atoms with Gasteiger partial charge in [0.15, 0.2) is 0 Å². The Hall–Kier alpha value is -3.02. The van der Waals surface area contributed by atoms with Crippen molar-refractivity contribution < 1.29 is 19.7 Å². The third kappa shape index (κ3) is 8.61. The molecule has 0 aliphatic carbocycles. The van der Waals surface area contributed by atoms with E-state index in [1.54, 1.807) is 36.7 Å². The lowest BCUT2D eigenvalue weighted by Crippen LogP contribution is -2.21. The highest BCUT2D eigenvalue weighted by atomic mass is 16.5. The summed E-state index contributed by atoms with van der Waals surface area (Å²) < 4.78 is 11.2. The molecule has 0 aromatic heterocycles. The average molecular weight is 441 g/mol. The number of nitrogens with zero attached hydrogens (tertiary/aromatic N) is 2. The van der Waals surface area contributed by atoms with Crippen LogP contribution < -0.4 is 9.47 Å². The number of phenolic OH excluding ortho intramolecular Hbond substituents is 2. The Bertz CT molecular complexity index is 907. The molecular formula is C26H36N2O4. The van der Waals surface area contributed by atoms with Gasteiger partial charge in [-0.1, -0.05) is 26.7 Å². The van der Waals surface area contributed by atoms with Gasteiger partial charge in [-0.05, 0) is 51.0 Å². The summed E-state index contributed by atoms with van der Waals surface area (Å²) in [7, 11) is 0. The number of unbranched alkanes of at least 4 members (excludes halogenated alkanes) is 2. The third-order valence-corrected chi connectivity index (χ3v) is 4.80. The zero-order valence-electron chi connectivity index (χ0n) is 19.7. The smallest absolute Gasteiger partial charge is 0.128 e. The van der Waals surface area contributed by atoms with E-state index in [0.29, 0.717) is 42.4 Å². The van der Waals surface area contributed by atoms with Gasteiger partial charge in [0, 0.05) is 35.7 Å². The molecule has 0 atom stereocenters. The molecule has 174 valence electrons. The van der Waals surface area contributed by atoms with Crippen LogP contribution in [0.25, 0.3) is 0 Å². The summed E-state index contributed by atoms with van der Waals surface area (Å²) in [6.45, 7) is 9.84. The molecule has 32 heavy (non-hydrogen) atoms. The molecule has 0 saturated carbocycles. The summed E-state index contributed by atoms with van der Waals surface area (Å²) in [6, 6.07) is 10.5. The van der Waals surface area contributed by atoms with E-state index in [4.69, 9.17) is 9.47 Å². The Morgan fingerprint density at radius 2 is 1.31 bits per heavy atom. The van der Waals surface area contributed by atoms with Crippen LogP contribution in [0.5, 0.6) is 23.0 Å². The molecule has 0 aliphatic rings. The van der Waals surface area contributed by atoms with Crippen molar-refractivity contribution in [1.29, 1.82) is 0 Å². The van der Waals surface area contributed by atoms with E-state index >= 15 is 0 Å². The second-order valence-electron chi connectivity index (χ2n) is 8.39. The molecule has 2 aromatic carbocycles. The Kier molecular flexibility index (Phi) is 10.1. The van der Waals surface area contributed by atoms with Gasteiger partial charge in [-0.2, -0.15) is 0 Å². The van der Waals surface area contributed by atoms with E-state index in [1.165, 1.54) is 0 Å². The summed E-state index contributed by atoms with van der Waals surface area (Å²) in [5.41, 5.74) is 0.781. The quantitative estimate of drug-likeness (QED) is 0.306. The number of hydrogen-bond donors (Lipinski definition) is 2. The van der Waals surface area contributed by atoms with E-state index in [0.717, 1.165) is 25.7 Å². The van der Waals surface area contributed by atoms with Crippen LogP contribution in [-0.4, -0.2) is 47.9 Å². The summed E-state index contributed by atoms with van der Waals surface area (Å²) in [6.07, 6.45) is 7.38. The molecule has 0 spiro atoms. The van der Waals surface area contributed by atoms with Gasteiger partial charge in [0.1, 0.15) is 23.0 Å². The molecule has 0 aliphatic heterocycles.